The maximum Gasteiger partial charge on any atom is 0.246 e. The van der Waals surface area contributed by atoms with Gasteiger partial charge in [-0.25, -0.2) is 4.90 Å². The molecule has 2 aliphatic carbocycles. The van der Waals surface area contributed by atoms with Crippen molar-refractivity contribution in [2.75, 3.05) is 23.0 Å². The first-order chi connectivity index (χ1) is 24.8. The van der Waals surface area contributed by atoms with Gasteiger partial charge < -0.3 is 9.84 Å². The number of rotatable bonds is 8. The van der Waals surface area contributed by atoms with Crippen LogP contribution in [-0.4, -0.2) is 41.9 Å². The predicted octanol–water partition coefficient (Wildman–Crippen LogP) is 6.72. The van der Waals surface area contributed by atoms with Gasteiger partial charge in [-0.1, -0.05) is 96.6 Å². The number of halogens is 1. The van der Waals surface area contributed by atoms with Crippen LogP contribution in [0.3, 0.4) is 0 Å². The molecule has 6 unspecified atom stereocenters. The van der Waals surface area contributed by atoms with Crippen LogP contribution in [-0.2, 0) is 24.6 Å². The number of benzene rings is 4. The third kappa shape index (κ3) is 5.00. The number of carbonyl (C=O) groups is 4. The number of anilines is 2. The number of aliphatic hydroxyl groups excluding tert-OH is 1. The molecule has 4 amide bonds. The first-order valence-corrected chi connectivity index (χ1v) is 17.5. The highest BCUT2D eigenvalue weighted by Crippen LogP contribution is 2.64. The monoisotopic (exact) mass is 698 g/mol. The number of allylic oxidation sites excluding steroid dienone is 2. The molecule has 0 radical (unpaired) electrons. The fraction of sp³-hybridized carbons (Fsp3) is 0.238. The summed E-state index contributed by atoms with van der Waals surface area (Å²) in [6.45, 7) is 3.79. The van der Waals surface area contributed by atoms with E-state index in [0.29, 0.717) is 34.1 Å². The Bertz CT molecular complexity index is 2100. The lowest BCUT2D eigenvalue weighted by Gasteiger charge is -2.50. The van der Waals surface area contributed by atoms with Gasteiger partial charge in [0.15, 0.2) is 0 Å². The number of amides is 4. The maximum atomic E-state index is 15.3. The van der Waals surface area contributed by atoms with E-state index in [0.717, 1.165) is 16.7 Å². The number of ether oxygens (including phenoxy) is 1. The fourth-order valence-electron chi connectivity index (χ4n) is 9.05. The van der Waals surface area contributed by atoms with E-state index in [-0.39, 0.29) is 43.3 Å². The smallest absolute Gasteiger partial charge is 0.246 e. The van der Waals surface area contributed by atoms with Crippen LogP contribution in [0.1, 0.15) is 35.4 Å². The zero-order valence-corrected chi connectivity index (χ0v) is 28.4. The van der Waals surface area contributed by atoms with Crippen LogP contribution in [0.2, 0.25) is 5.02 Å². The number of carbonyl (C=O) groups excluding carboxylic acids is 4. The number of nitrogens with zero attached hydrogens (tertiary/aromatic N) is 2. The Labute approximate surface area is 300 Å². The maximum absolute atomic E-state index is 15.3. The van der Waals surface area contributed by atoms with Crippen molar-refractivity contribution < 1.29 is 29.0 Å². The zero-order valence-electron chi connectivity index (χ0n) is 27.7. The van der Waals surface area contributed by atoms with Gasteiger partial charge in [0, 0.05) is 10.9 Å². The quantitative estimate of drug-likeness (QED) is 0.162. The Kier molecular flexibility index (Phi) is 8.24. The van der Waals surface area contributed by atoms with Gasteiger partial charge in [0.05, 0.1) is 41.2 Å². The van der Waals surface area contributed by atoms with Crippen molar-refractivity contribution in [1.29, 1.82) is 0 Å². The second kappa shape index (κ2) is 12.8. The molecule has 51 heavy (non-hydrogen) atoms. The summed E-state index contributed by atoms with van der Waals surface area (Å²) < 4.78 is 5.68. The van der Waals surface area contributed by atoms with Crippen LogP contribution in [0.15, 0.2) is 121 Å². The zero-order chi connectivity index (χ0) is 35.4. The standard InChI is InChI=1S/C42H35ClN2O6/c1-2-25-11-15-29(16-12-25)44-38(47)33-20-19-32-34(36(33)40(44)49)24-35-39(48)45(30-10-6-9-28(43)23-30)41(50)42(35,27-7-4-3-5-8-27)37(32)26-13-17-31(18-14-26)51-22-21-46/h2-19,23,33-37,46H,1,20-22,24H2. The van der Waals surface area contributed by atoms with Gasteiger partial charge in [-0.05, 0) is 77.9 Å². The molecular formula is C42H35ClN2O6. The summed E-state index contributed by atoms with van der Waals surface area (Å²) in [5, 5.41) is 9.72. The number of imide groups is 2. The topological polar surface area (TPSA) is 104 Å². The van der Waals surface area contributed by atoms with E-state index in [4.69, 9.17) is 16.3 Å². The Hall–Kier alpha value is -5.31. The molecule has 0 bridgehead atoms. The predicted molar refractivity (Wildman–Crippen MR) is 194 cm³/mol. The van der Waals surface area contributed by atoms with Crippen LogP contribution in [0, 0.1) is 23.7 Å². The average Bonchev–Trinajstić information content (AvgIpc) is 3.55. The highest BCUT2D eigenvalue weighted by molar-refractivity contribution is 6.32. The molecule has 2 aliphatic heterocycles. The summed E-state index contributed by atoms with van der Waals surface area (Å²) in [5.41, 5.74) is 2.72. The Balaban J connectivity index is 1.31. The summed E-state index contributed by atoms with van der Waals surface area (Å²) >= 11 is 6.41. The molecule has 8 nitrogen and oxygen atoms in total. The Morgan fingerprint density at radius 3 is 2.25 bits per heavy atom. The Morgan fingerprint density at radius 2 is 1.57 bits per heavy atom. The Morgan fingerprint density at radius 1 is 0.824 bits per heavy atom. The average molecular weight is 699 g/mol. The number of aliphatic hydroxyl groups is 1. The molecule has 6 atom stereocenters. The van der Waals surface area contributed by atoms with E-state index in [1.165, 1.54) is 9.80 Å². The summed E-state index contributed by atoms with van der Waals surface area (Å²) in [7, 11) is 0. The van der Waals surface area contributed by atoms with E-state index in [2.05, 4.69) is 6.58 Å². The first-order valence-electron chi connectivity index (χ1n) is 17.1. The molecule has 2 heterocycles. The molecule has 8 rings (SSSR count). The van der Waals surface area contributed by atoms with Crippen molar-refractivity contribution in [1.82, 2.24) is 0 Å². The molecule has 3 fully saturated rings. The molecule has 4 aromatic rings. The molecule has 4 aliphatic rings. The summed E-state index contributed by atoms with van der Waals surface area (Å²) in [6.07, 6.45) is 4.28. The lowest BCUT2D eigenvalue weighted by Crippen LogP contribution is -2.53. The number of hydrogen-bond donors (Lipinski definition) is 1. The molecule has 0 spiro atoms. The second-order valence-electron chi connectivity index (χ2n) is 13.5. The molecule has 0 aromatic heterocycles. The van der Waals surface area contributed by atoms with E-state index in [9.17, 15) is 19.5 Å². The van der Waals surface area contributed by atoms with Crippen molar-refractivity contribution in [2.45, 2.75) is 24.2 Å². The van der Waals surface area contributed by atoms with Gasteiger partial charge in [0.25, 0.3) is 0 Å². The van der Waals surface area contributed by atoms with Gasteiger partial charge in [0.2, 0.25) is 23.6 Å². The van der Waals surface area contributed by atoms with Crippen LogP contribution >= 0.6 is 11.6 Å². The number of fused-ring (bicyclic) bond motifs is 4. The molecule has 1 N–H and O–H groups in total. The lowest BCUT2D eigenvalue weighted by molar-refractivity contribution is -0.127. The highest BCUT2D eigenvalue weighted by atomic mass is 35.5. The first kappa shape index (κ1) is 32.9. The van der Waals surface area contributed by atoms with E-state index in [1.54, 1.807) is 54.6 Å². The van der Waals surface area contributed by atoms with Crippen molar-refractivity contribution in [2.24, 2.45) is 23.7 Å². The van der Waals surface area contributed by atoms with Crippen LogP contribution < -0.4 is 14.5 Å². The summed E-state index contributed by atoms with van der Waals surface area (Å²) in [5.74, 6) is -4.03. The van der Waals surface area contributed by atoms with Gasteiger partial charge >= 0.3 is 0 Å². The number of hydrogen-bond acceptors (Lipinski definition) is 6. The van der Waals surface area contributed by atoms with Gasteiger partial charge in [-0.2, -0.15) is 0 Å². The highest BCUT2D eigenvalue weighted by Gasteiger charge is 2.70. The van der Waals surface area contributed by atoms with E-state index < -0.39 is 35.0 Å². The minimum absolute atomic E-state index is 0.125. The molecule has 9 heteroatoms. The van der Waals surface area contributed by atoms with Crippen molar-refractivity contribution in [3.05, 3.63) is 143 Å². The van der Waals surface area contributed by atoms with Gasteiger partial charge in [-0.3, -0.25) is 24.1 Å². The normalized spacial score (nSPS) is 26.8. The second-order valence-corrected chi connectivity index (χ2v) is 14.0. The van der Waals surface area contributed by atoms with Crippen molar-refractivity contribution in [3.63, 3.8) is 0 Å². The third-order valence-corrected chi connectivity index (χ3v) is 11.4. The van der Waals surface area contributed by atoms with E-state index >= 15 is 4.79 Å². The molecule has 4 aromatic carbocycles. The molecule has 256 valence electrons. The van der Waals surface area contributed by atoms with Gasteiger partial charge in [-0.15, -0.1) is 0 Å². The van der Waals surface area contributed by atoms with E-state index in [1.807, 2.05) is 60.7 Å². The SMILES string of the molecule is C=Cc1ccc(N2C(=O)C3CC=C4C(CC5C(=O)N(c6cccc(Cl)c6)C(=O)C5(c5ccccc5)C4c4ccc(OCCO)cc4)C3C2=O)cc1. The fourth-order valence-corrected chi connectivity index (χ4v) is 9.24. The summed E-state index contributed by atoms with van der Waals surface area (Å²) in [6, 6.07) is 30.7. The lowest BCUT2D eigenvalue weighted by atomic mass is 9.49. The van der Waals surface area contributed by atoms with Gasteiger partial charge in [0.1, 0.15) is 12.4 Å². The summed E-state index contributed by atoms with van der Waals surface area (Å²) in [4.78, 5) is 61.3. The molecule has 1 saturated carbocycles. The largest absolute Gasteiger partial charge is 0.491 e. The minimum Gasteiger partial charge on any atom is -0.491 e. The molecular weight excluding hydrogens is 664 g/mol. The minimum atomic E-state index is -1.37. The van der Waals surface area contributed by atoms with Crippen molar-refractivity contribution >= 4 is 52.7 Å². The van der Waals surface area contributed by atoms with Crippen LogP contribution in [0.25, 0.3) is 6.08 Å². The third-order valence-electron chi connectivity index (χ3n) is 11.1. The van der Waals surface area contributed by atoms with Crippen molar-refractivity contribution in [3.8, 4) is 5.75 Å². The molecule has 2 saturated heterocycles. The van der Waals surface area contributed by atoms with Crippen LogP contribution in [0.4, 0.5) is 11.4 Å². The van der Waals surface area contributed by atoms with Crippen LogP contribution in [0.5, 0.6) is 5.75 Å².